The zero-order valence-electron chi connectivity index (χ0n) is 10.4. The first-order valence-corrected chi connectivity index (χ1v) is 5.88. The molecule has 1 atom stereocenters. The SMILES string of the molecule is C#CC(O)CCCCCCCC.CC(=O)O. The first-order chi connectivity index (χ1) is 7.54. The summed E-state index contributed by atoms with van der Waals surface area (Å²) in [7, 11) is 0. The van der Waals surface area contributed by atoms with Crippen LogP contribution in [0.1, 0.15) is 58.8 Å². The Bertz CT molecular complexity index is 190. The van der Waals surface area contributed by atoms with Crippen LogP contribution in [0.5, 0.6) is 0 Å². The molecule has 1 unspecified atom stereocenters. The Balaban J connectivity index is 0. The average molecular weight is 228 g/mol. The fourth-order valence-corrected chi connectivity index (χ4v) is 1.20. The van der Waals surface area contributed by atoms with Crippen molar-refractivity contribution in [3.63, 3.8) is 0 Å². The second-order valence-corrected chi connectivity index (χ2v) is 3.76. The second-order valence-electron chi connectivity index (χ2n) is 3.76. The number of rotatable bonds is 7. The molecule has 94 valence electrons. The molecule has 0 aromatic rings. The van der Waals surface area contributed by atoms with Gasteiger partial charge in [0, 0.05) is 6.92 Å². The number of aliphatic hydroxyl groups excluding tert-OH is 1. The van der Waals surface area contributed by atoms with Crippen LogP contribution in [0.25, 0.3) is 0 Å². The molecule has 0 aliphatic heterocycles. The normalized spacial score (nSPS) is 10.9. The van der Waals surface area contributed by atoms with Gasteiger partial charge in [-0.25, -0.2) is 0 Å². The quantitative estimate of drug-likeness (QED) is 0.520. The maximum atomic E-state index is 9.02. The first-order valence-electron chi connectivity index (χ1n) is 5.88. The molecule has 0 rings (SSSR count). The Kier molecular flexibility index (Phi) is 15.2. The lowest BCUT2D eigenvalue weighted by Gasteiger charge is -2.02. The van der Waals surface area contributed by atoms with Crippen molar-refractivity contribution in [1.82, 2.24) is 0 Å². The summed E-state index contributed by atoms with van der Waals surface area (Å²) in [5.74, 6) is 1.49. The van der Waals surface area contributed by atoms with E-state index in [9.17, 15) is 0 Å². The molecule has 3 heteroatoms. The molecule has 0 radical (unpaired) electrons. The van der Waals surface area contributed by atoms with E-state index in [2.05, 4.69) is 12.8 Å². The van der Waals surface area contributed by atoms with E-state index in [-0.39, 0.29) is 0 Å². The summed E-state index contributed by atoms with van der Waals surface area (Å²) >= 11 is 0. The molecule has 0 heterocycles. The van der Waals surface area contributed by atoms with Gasteiger partial charge in [-0.1, -0.05) is 44.9 Å². The van der Waals surface area contributed by atoms with E-state index in [0.717, 1.165) is 19.8 Å². The van der Waals surface area contributed by atoms with Crippen molar-refractivity contribution >= 4 is 5.97 Å². The lowest BCUT2D eigenvalue weighted by molar-refractivity contribution is -0.134. The molecule has 3 nitrogen and oxygen atoms in total. The van der Waals surface area contributed by atoms with Crippen LogP contribution < -0.4 is 0 Å². The van der Waals surface area contributed by atoms with E-state index in [0.29, 0.717) is 0 Å². The van der Waals surface area contributed by atoms with E-state index in [1.807, 2.05) is 0 Å². The smallest absolute Gasteiger partial charge is 0.300 e. The highest BCUT2D eigenvalue weighted by Gasteiger charge is 1.97. The Morgan fingerprint density at radius 1 is 1.25 bits per heavy atom. The molecule has 0 aromatic heterocycles. The zero-order chi connectivity index (χ0) is 12.8. The van der Waals surface area contributed by atoms with Crippen LogP contribution in [-0.2, 0) is 4.79 Å². The zero-order valence-corrected chi connectivity index (χ0v) is 10.4. The van der Waals surface area contributed by atoms with Crippen molar-refractivity contribution in [1.29, 1.82) is 0 Å². The predicted octanol–water partition coefficient (Wildman–Crippen LogP) is 2.82. The second kappa shape index (κ2) is 14.0. The number of aliphatic carboxylic acids is 1. The fraction of sp³-hybridized carbons (Fsp3) is 0.769. The third-order valence-electron chi connectivity index (χ3n) is 2.02. The summed E-state index contributed by atoms with van der Waals surface area (Å²) in [6.07, 6.45) is 12.8. The third kappa shape index (κ3) is 23.1. The topological polar surface area (TPSA) is 57.5 Å². The number of carbonyl (C=O) groups is 1. The molecule has 0 aliphatic rings. The van der Waals surface area contributed by atoms with Crippen molar-refractivity contribution in [2.45, 2.75) is 64.9 Å². The van der Waals surface area contributed by atoms with Crippen molar-refractivity contribution in [3.8, 4) is 12.3 Å². The summed E-state index contributed by atoms with van der Waals surface area (Å²) in [5, 5.41) is 16.4. The standard InChI is InChI=1S/C11H20O.C2H4O2/c1-3-5-6-7-8-9-10-11(12)4-2;1-2(3)4/h2,11-12H,3,5-10H2,1H3;1H3,(H,3,4). The van der Waals surface area contributed by atoms with E-state index in [4.69, 9.17) is 21.4 Å². The third-order valence-corrected chi connectivity index (χ3v) is 2.02. The molecule has 0 fully saturated rings. The minimum absolute atomic E-state index is 0.517. The molecule has 0 aliphatic carbocycles. The lowest BCUT2D eigenvalue weighted by Crippen LogP contribution is -2.01. The van der Waals surface area contributed by atoms with Gasteiger partial charge >= 0.3 is 0 Å². The number of unbranched alkanes of at least 4 members (excludes halogenated alkanes) is 5. The molecule has 2 N–H and O–H groups in total. The Labute approximate surface area is 98.9 Å². The van der Waals surface area contributed by atoms with Crippen LogP contribution in [0, 0.1) is 12.3 Å². The molecule has 0 spiro atoms. The van der Waals surface area contributed by atoms with E-state index in [1.165, 1.54) is 32.1 Å². The van der Waals surface area contributed by atoms with Crippen LogP contribution in [-0.4, -0.2) is 22.3 Å². The largest absolute Gasteiger partial charge is 0.481 e. The molecule has 0 aromatic carbocycles. The molecule has 0 bridgehead atoms. The summed E-state index contributed by atoms with van der Waals surface area (Å²) in [6, 6.07) is 0. The van der Waals surface area contributed by atoms with Crippen LogP contribution in [0.4, 0.5) is 0 Å². The maximum absolute atomic E-state index is 9.02. The van der Waals surface area contributed by atoms with Gasteiger partial charge in [0.2, 0.25) is 0 Å². The molecular formula is C13H24O3. The lowest BCUT2D eigenvalue weighted by atomic mass is 10.1. The van der Waals surface area contributed by atoms with Gasteiger partial charge in [-0.3, -0.25) is 4.79 Å². The minimum Gasteiger partial charge on any atom is -0.481 e. The van der Waals surface area contributed by atoms with Gasteiger partial charge < -0.3 is 10.2 Å². The highest BCUT2D eigenvalue weighted by molar-refractivity contribution is 5.62. The van der Waals surface area contributed by atoms with Gasteiger partial charge in [0.1, 0.15) is 6.10 Å². The summed E-state index contributed by atoms with van der Waals surface area (Å²) < 4.78 is 0. The van der Waals surface area contributed by atoms with Gasteiger partial charge in [-0.2, -0.15) is 0 Å². The van der Waals surface area contributed by atoms with Crippen molar-refractivity contribution < 1.29 is 15.0 Å². The molecule has 16 heavy (non-hydrogen) atoms. The maximum Gasteiger partial charge on any atom is 0.300 e. The Morgan fingerprint density at radius 3 is 2.12 bits per heavy atom. The number of terminal acetylenes is 1. The fourth-order valence-electron chi connectivity index (χ4n) is 1.20. The van der Waals surface area contributed by atoms with Crippen LogP contribution in [0.3, 0.4) is 0 Å². The van der Waals surface area contributed by atoms with Gasteiger partial charge in [0.25, 0.3) is 5.97 Å². The summed E-state index contributed by atoms with van der Waals surface area (Å²) in [4.78, 5) is 9.00. The van der Waals surface area contributed by atoms with Crippen LogP contribution in [0.2, 0.25) is 0 Å². The first kappa shape index (κ1) is 17.4. The van der Waals surface area contributed by atoms with Gasteiger partial charge in [-0.05, 0) is 12.8 Å². The van der Waals surface area contributed by atoms with Crippen LogP contribution in [0.15, 0.2) is 0 Å². The molecule has 0 saturated heterocycles. The van der Waals surface area contributed by atoms with Gasteiger partial charge in [0.05, 0.1) is 0 Å². The number of aliphatic hydroxyl groups is 1. The number of carboxylic acid groups (broad SMARTS) is 1. The van der Waals surface area contributed by atoms with E-state index in [1.54, 1.807) is 0 Å². The van der Waals surface area contributed by atoms with E-state index >= 15 is 0 Å². The number of hydrogen-bond acceptors (Lipinski definition) is 2. The highest BCUT2D eigenvalue weighted by Crippen LogP contribution is 2.07. The van der Waals surface area contributed by atoms with Crippen molar-refractivity contribution in [2.24, 2.45) is 0 Å². The molecule has 0 amide bonds. The van der Waals surface area contributed by atoms with E-state index < -0.39 is 12.1 Å². The van der Waals surface area contributed by atoms with Gasteiger partial charge in [-0.15, -0.1) is 6.42 Å². The predicted molar refractivity (Wildman–Crippen MR) is 66.1 cm³/mol. The van der Waals surface area contributed by atoms with Crippen LogP contribution >= 0.6 is 0 Å². The Morgan fingerprint density at radius 2 is 1.69 bits per heavy atom. The number of carboxylic acids is 1. The summed E-state index contributed by atoms with van der Waals surface area (Å²) in [6.45, 7) is 3.29. The molecule has 0 saturated carbocycles. The van der Waals surface area contributed by atoms with Crippen molar-refractivity contribution in [3.05, 3.63) is 0 Å². The monoisotopic (exact) mass is 228 g/mol. The summed E-state index contributed by atoms with van der Waals surface area (Å²) in [5.41, 5.74) is 0. The average Bonchev–Trinajstić information content (AvgIpc) is 2.22. The highest BCUT2D eigenvalue weighted by atomic mass is 16.4. The Hall–Kier alpha value is -1.01. The van der Waals surface area contributed by atoms with Gasteiger partial charge in [0.15, 0.2) is 0 Å². The molecular weight excluding hydrogens is 204 g/mol. The van der Waals surface area contributed by atoms with Crippen molar-refractivity contribution in [2.75, 3.05) is 0 Å². The number of hydrogen-bond donors (Lipinski definition) is 2. The minimum atomic E-state index is -0.833.